The van der Waals surface area contributed by atoms with Gasteiger partial charge in [-0.2, -0.15) is 0 Å². The van der Waals surface area contributed by atoms with Crippen molar-refractivity contribution >= 4 is 17.7 Å². The van der Waals surface area contributed by atoms with E-state index in [0.717, 1.165) is 12.3 Å². The normalized spacial score (nSPS) is 17.3. The molecule has 1 fully saturated rings. The van der Waals surface area contributed by atoms with Crippen LogP contribution >= 0.6 is 11.8 Å². The minimum atomic E-state index is 0.0665. The zero-order chi connectivity index (χ0) is 17.1. The molecule has 0 aromatic heterocycles. The van der Waals surface area contributed by atoms with Crippen LogP contribution in [0.2, 0.25) is 0 Å². The fraction of sp³-hybridized carbons (Fsp3) is 0.350. The highest BCUT2D eigenvalue weighted by Gasteiger charge is 2.31. The van der Waals surface area contributed by atoms with E-state index in [1.54, 1.807) is 7.11 Å². The Labute approximate surface area is 148 Å². The Balaban J connectivity index is 1.83. The number of methoxy groups -OCH3 is 1. The molecule has 126 valence electrons. The van der Waals surface area contributed by atoms with E-state index in [4.69, 9.17) is 4.74 Å². The first-order chi connectivity index (χ1) is 11.6. The molecule has 1 atom stereocenters. The first-order valence-electron chi connectivity index (χ1n) is 8.26. The highest BCUT2D eigenvalue weighted by atomic mass is 32.2. The standard InChI is InChI=1S/C20H23NO2S/c1-14(2)15-7-9-16(10-8-15)20-21(11-12-24-20)19(22)17-5-4-6-18(13-17)23-3/h4-10,13-14,20H,11-12H2,1-3H3/t20-/m0/s1. The third-order valence-electron chi connectivity index (χ3n) is 4.36. The van der Waals surface area contributed by atoms with Crippen LogP contribution in [0.3, 0.4) is 0 Å². The van der Waals surface area contributed by atoms with Crippen LogP contribution in [0.25, 0.3) is 0 Å². The largest absolute Gasteiger partial charge is 0.497 e. The molecule has 0 bridgehead atoms. The second kappa shape index (κ2) is 7.31. The summed E-state index contributed by atoms with van der Waals surface area (Å²) < 4.78 is 5.24. The topological polar surface area (TPSA) is 29.5 Å². The van der Waals surface area contributed by atoms with Crippen molar-refractivity contribution in [3.63, 3.8) is 0 Å². The highest BCUT2D eigenvalue weighted by molar-refractivity contribution is 7.99. The summed E-state index contributed by atoms with van der Waals surface area (Å²) in [6.45, 7) is 5.16. The Hall–Kier alpha value is -1.94. The van der Waals surface area contributed by atoms with Gasteiger partial charge in [0.05, 0.1) is 7.11 Å². The number of rotatable bonds is 4. The number of hydrogen-bond acceptors (Lipinski definition) is 3. The molecular weight excluding hydrogens is 318 g/mol. The maximum Gasteiger partial charge on any atom is 0.255 e. The molecule has 4 heteroatoms. The Kier molecular flexibility index (Phi) is 5.14. The SMILES string of the molecule is COc1cccc(C(=O)N2CCS[C@H]2c2ccc(C(C)C)cc2)c1. The zero-order valence-corrected chi connectivity index (χ0v) is 15.2. The maximum atomic E-state index is 12.9. The van der Waals surface area contributed by atoms with Gasteiger partial charge in [-0.25, -0.2) is 0 Å². The highest BCUT2D eigenvalue weighted by Crippen LogP contribution is 2.39. The van der Waals surface area contributed by atoms with E-state index < -0.39 is 0 Å². The van der Waals surface area contributed by atoms with Gasteiger partial charge in [0.15, 0.2) is 0 Å². The van der Waals surface area contributed by atoms with Crippen molar-refractivity contribution in [3.05, 3.63) is 65.2 Å². The van der Waals surface area contributed by atoms with E-state index in [2.05, 4.69) is 38.1 Å². The fourth-order valence-electron chi connectivity index (χ4n) is 2.92. The molecule has 2 aromatic carbocycles. The summed E-state index contributed by atoms with van der Waals surface area (Å²) in [7, 11) is 1.62. The number of nitrogens with zero attached hydrogens (tertiary/aromatic N) is 1. The van der Waals surface area contributed by atoms with Crippen molar-refractivity contribution in [3.8, 4) is 5.75 Å². The molecule has 1 aliphatic heterocycles. The van der Waals surface area contributed by atoms with E-state index in [0.29, 0.717) is 17.2 Å². The van der Waals surface area contributed by atoms with E-state index in [-0.39, 0.29) is 11.3 Å². The molecule has 0 unspecified atom stereocenters. The summed E-state index contributed by atoms with van der Waals surface area (Å²) in [4.78, 5) is 14.9. The van der Waals surface area contributed by atoms with E-state index in [9.17, 15) is 4.79 Å². The zero-order valence-electron chi connectivity index (χ0n) is 14.4. The van der Waals surface area contributed by atoms with Crippen molar-refractivity contribution in [1.29, 1.82) is 0 Å². The molecule has 0 saturated carbocycles. The van der Waals surface area contributed by atoms with Gasteiger partial charge in [0.25, 0.3) is 5.91 Å². The summed E-state index contributed by atoms with van der Waals surface area (Å²) in [5.41, 5.74) is 3.20. The third kappa shape index (κ3) is 3.44. The minimum Gasteiger partial charge on any atom is -0.497 e. The molecule has 0 N–H and O–H groups in total. The van der Waals surface area contributed by atoms with Gasteiger partial charge in [-0.05, 0) is 35.2 Å². The van der Waals surface area contributed by atoms with Gasteiger partial charge in [-0.1, -0.05) is 44.2 Å². The quantitative estimate of drug-likeness (QED) is 0.807. The van der Waals surface area contributed by atoms with Crippen LogP contribution < -0.4 is 4.74 Å². The van der Waals surface area contributed by atoms with Crippen LogP contribution in [0.5, 0.6) is 5.75 Å². The molecule has 1 amide bonds. The monoisotopic (exact) mass is 341 g/mol. The lowest BCUT2D eigenvalue weighted by Gasteiger charge is -2.24. The Bertz CT molecular complexity index is 712. The lowest BCUT2D eigenvalue weighted by Crippen LogP contribution is -2.30. The van der Waals surface area contributed by atoms with Crippen molar-refractivity contribution in [2.24, 2.45) is 0 Å². The number of hydrogen-bond donors (Lipinski definition) is 0. The van der Waals surface area contributed by atoms with Crippen molar-refractivity contribution in [1.82, 2.24) is 4.90 Å². The van der Waals surface area contributed by atoms with Gasteiger partial charge in [-0.15, -0.1) is 11.8 Å². The van der Waals surface area contributed by atoms with Crippen molar-refractivity contribution in [2.45, 2.75) is 25.1 Å². The molecule has 24 heavy (non-hydrogen) atoms. The first kappa shape index (κ1) is 16.9. The number of carbonyl (C=O) groups excluding carboxylic acids is 1. The van der Waals surface area contributed by atoms with E-state index in [1.807, 2.05) is 40.9 Å². The summed E-state index contributed by atoms with van der Waals surface area (Å²) >= 11 is 1.82. The lowest BCUT2D eigenvalue weighted by atomic mass is 10.0. The molecule has 0 spiro atoms. The van der Waals surface area contributed by atoms with Crippen molar-refractivity contribution < 1.29 is 9.53 Å². The molecule has 0 aliphatic carbocycles. The van der Waals surface area contributed by atoms with Gasteiger partial charge >= 0.3 is 0 Å². The van der Waals surface area contributed by atoms with Crippen LogP contribution in [0.15, 0.2) is 48.5 Å². The molecule has 1 aliphatic rings. The van der Waals surface area contributed by atoms with Crippen molar-refractivity contribution in [2.75, 3.05) is 19.4 Å². The van der Waals surface area contributed by atoms with Gasteiger partial charge in [0.1, 0.15) is 11.1 Å². The van der Waals surface area contributed by atoms with Gasteiger partial charge in [-0.3, -0.25) is 4.79 Å². The van der Waals surface area contributed by atoms with Crippen LogP contribution in [-0.4, -0.2) is 30.2 Å². The van der Waals surface area contributed by atoms with Crippen LogP contribution in [0.4, 0.5) is 0 Å². The predicted molar refractivity (Wildman–Crippen MR) is 99.8 cm³/mol. The molecule has 1 heterocycles. The lowest BCUT2D eigenvalue weighted by molar-refractivity contribution is 0.0760. The number of carbonyl (C=O) groups is 1. The number of amides is 1. The molecular formula is C20H23NO2S. The molecule has 1 saturated heterocycles. The first-order valence-corrected chi connectivity index (χ1v) is 9.31. The van der Waals surface area contributed by atoms with Crippen LogP contribution in [0.1, 0.15) is 46.6 Å². The summed E-state index contributed by atoms with van der Waals surface area (Å²) in [6.07, 6.45) is 0. The Morgan fingerprint density at radius 1 is 1.21 bits per heavy atom. The second-order valence-electron chi connectivity index (χ2n) is 6.28. The fourth-order valence-corrected chi connectivity index (χ4v) is 4.18. The average Bonchev–Trinajstić information content (AvgIpc) is 3.11. The number of ether oxygens (including phenoxy) is 1. The van der Waals surface area contributed by atoms with Crippen LogP contribution in [-0.2, 0) is 0 Å². The predicted octanol–water partition coefficient (Wildman–Crippen LogP) is 4.71. The Morgan fingerprint density at radius 3 is 2.62 bits per heavy atom. The Morgan fingerprint density at radius 2 is 1.96 bits per heavy atom. The van der Waals surface area contributed by atoms with Crippen LogP contribution in [0, 0.1) is 0 Å². The summed E-state index contributed by atoms with van der Waals surface area (Å²) in [5.74, 6) is 2.26. The molecule has 3 rings (SSSR count). The summed E-state index contributed by atoms with van der Waals surface area (Å²) in [6, 6.07) is 16.0. The number of benzene rings is 2. The van der Waals surface area contributed by atoms with Gasteiger partial charge in [0.2, 0.25) is 0 Å². The second-order valence-corrected chi connectivity index (χ2v) is 7.46. The van der Waals surface area contributed by atoms with Gasteiger partial charge < -0.3 is 9.64 Å². The average molecular weight is 341 g/mol. The molecule has 3 nitrogen and oxygen atoms in total. The molecule has 2 aromatic rings. The third-order valence-corrected chi connectivity index (χ3v) is 5.62. The summed E-state index contributed by atoms with van der Waals surface area (Å²) in [5, 5.41) is 0.0879. The van der Waals surface area contributed by atoms with Gasteiger partial charge in [0, 0.05) is 17.9 Å². The minimum absolute atomic E-state index is 0.0665. The number of thioether (sulfide) groups is 1. The maximum absolute atomic E-state index is 12.9. The van der Waals surface area contributed by atoms with E-state index >= 15 is 0 Å². The molecule has 0 radical (unpaired) electrons. The smallest absolute Gasteiger partial charge is 0.255 e. The van der Waals surface area contributed by atoms with E-state index in [1.165, 1.54) is 11.1 Å².